The van der Waals surface area contributed by atoms with Crippen molar-refractivity contribution in [3.05, 3.63) is 12.2 Å². The summed E-state index contributed by atoms with van der Waals surface area (Å²) in [6, 6.07) is 0. The van der Waals surface area contributed by atoms with E-state index < -0.39 is 11.9 Å². The Hall–Kier alpha value is -1.32. The van der Waals surface area contributed by atoms with E-state index in [1.165, 1.54) is 0 Å². The van der Waals surface area contributed by atoms with Crippen LogP contribution >= 0.6 is 0 Å². The fourth-order valence-electron chi connectivity index (χ4n) is 0.798. The molecule has 0 rings (SSSR count). The van der Waals surface area contributed by atoms with Crippen LogP contribution in [0.1, 0.15) is 33.6 Å². The number of unbranched alkanes of at least 4 members (excludes halogenated alkanes) is 1. The van der Waals surface area contributed by atoms with Gasteiger partial charge in [0.2, 0.25) is 0 Å². The summed E-state index contributed by atoms with van der Waals surface area (Å²) in [7, 11) is 0. The van der Waals surface area contributed by atoms with Gasteiger partial charge in [0.25, 0.3) is 0 Å². The molecule has 0 heterocycles. The van der Waals surface area contributed by atoms with E-state index in [4.69, 9.17) is 9.47 Å². The molecular formula is C12H20O4. The molecule has 0 aromatic carbocycles. The molecule has 0 aromatic heterocycles. The minimum absolute atomic E-state index is 0.286. The van der Waals surface area contributed by atoms with Gasteiger partial charge in [0.05, 0.1) is 13.2 Å². The van der Waals surface area contributed by atoms with E-state index >= 15 is 0 Å². The Balaban J connectivity index is 3.71. The SMILES string of the molecule is CCCCOC(=O)/C=C/C(=O)OCC(C)C. The van der Waals surface area contributed by atoms with Crippen LogP contribution in [-0.2, 0) is 19.1 Å². The zero-order valence-electron chi connectivity index (χ0n) is 10.2. The van der Waals surface area contributed by atoms with Gasteiger partial charge in [-0.2, -0.15) is 0 Å². The lowest BCUT2D eigenvalue weighted by Crippen LogP contribution is -2.08. The number of ether oxygens (including phenoxy) is 2. The second kappa shape index (κ2) is 8.95. The van der Waals surface area contributed by atoms with Crippen LogP contribution in [0.15, 0.2) is 12.2 Å². The van der Waals surface area contributed by atoms with E-state index in [9.17, 15) is 9.59 Å². The largest absolute Gasteiger partial charge is 0.463 e. The first kappa shape index (κ1) is 14.7. The first-order valence-corrected chi connectivity index (χ1v) is 5.57. The van der Waals surface area contributed by atoms with Crippen molar-refractivity contribution in [3.8, 4) is 0 Å². The smallest absolute Gasteiger partial charge is 0.331 e. The summed E-state index contributed by atoms with van der Waals surface area (Å²) in [5.74, 6) is -0.732. The minimum atomic E-state index is -0.513. The summed E-state index contributed by atoms with van der Waals surface area (Å²) in [6.45, 7) is 6.63. The minimum Gasteiger partial charge on any atom is -0.463 e. The van der Waals surface area contributed by atoms with Crippen LogP contribution in [0.4, 0.5) is 0 Å². The highest BCUT2D eigenvalue weighted by atomic mass is 16.5. The van der Waals surface area contributed by atoms with Crippen LogP contribution in [0, 0.1) is 5.92 Å². The number of esters is 2. The summed E-state index contributed by atoms with van der Waals surface area (Å²) in [4.78, 5) is 22.1. The molecule has 92 valence electrons. The van der Waals surface area contributed by atoms with E-state index in [1.54, 1.807) is 0 Å². The number of carbonyl (C=O) groups excluding carboxylic acids is 2. The van der Waals surface area contributed by atoms with Gasteiger partial charge in [0.15, 0.2) is 0 Å². The van der Waals surface area contributed by atoms with Crippen molar-refractivity contribution in [2.75, 3.05) is 13.2 Å². The average molecular weight is 228 g/mol. The third kappa shape index (κ3) is 9.24. The standard InChI is InChI=1S/C12H20O4/c1-4-5-8-15-11(13)6-7-12(14)16-9-10(2)3/h6-7,10H,4-5,8-9H2,1-3H3/b7-6+. The molecule has 0 aliphatic carbocycles. The first-order chi connectivity index (χ1) is 7.56. The Labute approximate surface area is 96.6 Å². The van der Waals surface area contributed by atoms with Crippen LogP contribution < -0.4 is 0 Å². The Morgan fingerprint density at radius 1 is 1.12 bits per heavy atom. The molecule has 0 fully saturated rings. The van der Waals surface area contributed by atoms with E-state index in [0.29, 0.717) is 13.2 Å². The Bertz CT molecular complexity index is 243. The molecule has 0 aliphatic heterocycles. The van der Waals surface area contributed by atoms with Gasteiger partial charge in [-0.1, -0.05) is 27.2 Å². The predicted molar refractivity (Wildman–Crippen MR) is 60.8 cm³/mol. The van der Waals surface area contributed by atoms with Crippen LogP contribution in [0.3, 0.4) is 0 Å². The average Bonchev–Trinajstić information content (AvgIpc) is 2.24. The summed E-state index contributed by atoms with van der Waals surface area (Å²) < 4.78 is 9.67. The number of hydrogen-bond donors (Lipinski definition) is 0. The lowest BCUT2D eigenvalue weighted by atomic mass is 10.2. The molecule has 16 heavy (non-hydrogen) atoms. The molecule has 0 atom stereocenters. The monoisotopic (exact) mass is 228 g/mol. The van der Waals surface area contributed by atoms with Gasteiger partial charge < -0.3 is 9.47 Å². The fraction of sp³-hybridized carbons (Fsp3) is 0.667. The van der Waals surface area contributed by atoms with Gasteiger partial charge in [-0.25, -0.2) is 9.59 Å². The van der Waals surface area contributed by atoms with Crippen molar-refractivity contribution in [2.24, 2.45) is 5.92 Å². The Kier molecular flexibility index (Phi) is 8.21. The summed E-state index contributed by atoms with van der Waals surface area (Å²) in [5, 5.41) is 0. The van der Waals surface area contributed by atoms with Gasteiger partial charge in [-0.05, 0) is 12.3 Å². The van der Waals surface area contributed by atoms with Gasteiger partial charge in [0, 0.05) is 12.2 Å². The number of carbonyl (C=O) groups is 2. The zero-order valence-corrected chi connectivity index (χ0v) is 10.2. The number of hydrogen-bond acceptors (Lipinski definition) is 4. The van der Waals surface area contributed by atoms with Crippen LogP contribution in [0.2, 0.25) is 0 Å². The molecule has 0 N–H and O–H groups in total. The zero-order chi connectivity index (χ0) is 12.4. The maximum absolute atomic E-state index is 11.1. The number of rotatable bonds is 7. The molecule has 0 bridgehead atoms. The van der Waals surface area contributed by atoms with Gasteiger partial charge >= 0.3 is 11.9 Å². The van der Waals surface area contributed by atoms with Crippen molar-refractivity contribution < 1.29 is 19.1 Å². The maximum atomic E-state index is 11.1. The molecule has 0 saturated carbocycles. The molecule has 4 nitrogen and oxygen atoms in total. The topological polar surface area (TPSA) is 52.6 Å². The van der Waals surface area contributed by atoms with Crippen LogP contribution in [-0.4, -0.2) is 25.2 Å². The highest BCUT2D eigenvalue weighted by Crippen LogP contribution is 1.94. The molecule has 0 saturated heterocycles. The molecule has 4 heteroatoms. The third-order valence-corrected chi connectivity index (χ3v) is 1.66. The first-order valence-electron chi connectivity index (χ1n) is 5.57. The lowest BCUT2D eigenvalue weighted by molar-refractivity contribution is -0.141. The molecule has 0 radical (unpaired) electrons. The molecule has 0 unspecified atom stereocenters. The molecule has 0 aliphatic rings. The third-order valence-electron chi connectivity index (χ3n) is 1.66. The Morgan fingerprint density at radius 3 is 2.19 bits per heavy atom. The summed E-state index contributed by atoms with van der Waals surface area (Å²) >= 11 is 0. The van der Waals surface area contributed by atoms with E-state index in [2.05, 4.69) is 0 Å². The second-order valence-corrected chi connectivity index (χ2v) is 3.88. The van der Waals surface area contributed by atoms with Crippen molar-refractivity contribution in [2.45, 2.75) is 33.6 Å². The van der Waals surface area contributed by atoms with E-state index in [0.717, 1.165) is 25.0 Å². The quantitative estimate of drug-likeness (QED) is 0.380. The molecular weight excluding hydrogens is 208 g/mol. The fourth-order valence-corrected chi connectivity index (χ4v) is 0.798. The van der Waals surface area contributed by atoms with Crippen LogP contribution in [0.25, 0.3) is 0 Å². The molecule has 0 amide bonds. The summed E-state index contributed by atoms with van der Waals surface area (Å²) in [5.41, 5.74) is 0. The highest BCUT2D eigenvalue weighted by Gasteiger charge is 2.01. The van der Waals surface area contributed by atoms with E-state index in [-0.39, 0.29) is 5.92 Å². The summed E-state index contributed by atoms with van der Waals surface area (Å²) in [6.07, 6.45) is 3.99. The Morgan fingerprint density at radius 2 is 1.69 bits per heavy atom. The molecule has 0 aromatic rings. The maximum Gasteiger partial charge on any atom is 0.331 e. The predicted octanol–water partition coefficient (Wildman–Crippen LogP) is 2.09. The van der Waals surface area contributed by atoms with Gasteiger partial charge in [-0.15, -0.1) is 0 Å². The van der Waals surface area contributed by atoms with Gasteiger partial charge in [0.1, 0.15) is 0 Å². The van der Waals surface area contributed by atoms with E-state index in [1.807, 2.05) is 20.8 Å². The van der Waals surface area contributed by atoms with Crippen molar-refractivity contribution in [1.29, 1.82) is 0 Å². The highest BCUT2D eigenvalue weighted by molar-refractivity contribution is 5.91. The van der Waals surface area contributed by atoms with Gasteiger partial charge in [-0.3, -0.25) is 0 Å². The van der Waals surface area contributed by atoms with Crippen molar-refractivity contribution >= 4 is 11.9 Å². The van der Waals surface area contributed by atoms with Crippen molar-refractivity contribution in [3.63, 3.8) is 0 Å². The lowest BCUT2D eigenvalue weighted by Gasteiger charge is -2.03. The molecule has 0 spiro atoms. The van der Waals surface area contributed by atoms with Crippen LogP contribution in [0.5, 0.6) is 0 Å². The van der Waals surface area contributed by atoms with Crippen molar-refractivity contribution in [1.82, 2.24) is 0 Å². The second-order valence-electron chi connectivity index (χ2n) is 3.88. The normalized spacial score (nSPS) is 10.8.